The molecule has 5 aliphatic rings. The number of unbranched alkanes of at least 4 members (excludes halogenated alkanes) is 3. The maximum absolute atomic E-state index is 13.3. The maximum Gasteiger partial charge on any atom is 0.319 e. The van der Waals surface area contributed by atoms with Crippen molar-refractivity contribution in [1.29, 1.82) is 0 Å². The van der Waals surface area contributed by atoms with E-state index in [1.165, 1.54) is 55.2 Å². The van der Waals surface area contributed by atoms with Gasteiger partial charge in [0, 0.05) is 42.0 Å². The SMILES string of the molecule is C.C.C1CCNCC1.CCCCOC(=O)C(CC(C)C(=O)Oc1ccc2ccc3c(c2c1)N=CC1(O3)N(C)c2ccccc2C1(C)C)SC(=O)SCCCC.CCCCOC(=O)C(S)CC(C)C(=O)Oc1ccc2ccc3c(c2c1)N=CC1(O3)N(C)c2ccccc2C1(C)C. The average molecular weight is 1350 g/mol. The number of rotatable bonds is 20. The van der Waals surface area contributed by atoms with Crippen LogP contribution < -0.4 is 34.1 Å². The number of para-hydroxylation sites is 2. The molecule has 11 rings (SSSR count). The summed E-state index contributed by atoms with van der Waals surface area (Å²) in [7, 11) is 4.06. The summed E-state index contributed by atoms with van der Waals surface area (Å²) in [6, 6.07) is 35.4. The second-order valence-corrected chi connectivity index (χ2v) is 28.8. The molecule has 1 fully saturated rings. The summed E-state index contributed by atoms with van der Waals surface area (Å²) in [5.74, 6) is -0.220. The number of likely N-dealkylation sites (N-methyl/N-ethyl adjacent to an activating group) is 2. The Morgan fingerprint density at radius 2 is 1.03 bits per heavy atom. The highest BCUT2D eigenvalue weighted by Gasteiger charge is 2.60. The predicted octanol–water partition coefficient (Wildman–Crippen LogP) is 17.8. The van der Waals surface area contributed by atoms with Crippen LogP contribution in [0.3, 0.4) is 0 Å². The minimum absolute atomic E-state index is 0. The average Bonchev–Trinajstić information content (AvgIpc) is 1.57. The fourth-order valence-corrected chi connectivity index (χ4v) is 15.1. The molecule has 95 heavy (non-hydrogen) atoms. The minimum atomic E-state index is -0.807. The molecule has 0 aliphatic carbocycles. The van der Waals surface area contributed by atoms with Gasteiger partial charge in [-0.25, -0.2) is 0 Å². The first-order valence-corrected chi connectivity index (χ1v) is 35.3. The summed E-state index contributed by atoms with van der Waals surface area (Å²) in [6.45, 7) is 21.4. The van der Waals surface area contributed by atoms with E-state index in [1.54, 1.807) is 32.0 Å². The van der Waals surface area contributed by atoms with E-state index < -0.39 is 57.7 Å². The van der Waals surface area contributed by atoms with Crippen LogP contribution in [0.2, 0.25) is 0 Å². The van der Waals surface area contributed by atoms with Gasteiger partial charge in [0.05, 0.1) is 48.3 Å². The monoisotopic (exact) mass is 1350 g/mol. The number of hydrogen-bond donors (Lipinski definition) is 2. The summed E-state index contributed by atoms with van der Waals surface area (Å²) in [5.41, 5.74) is 3.66. The van der Waals surface area contributed by atoms with Crippen molar-refractivity contribution >= 4 is 121 Å². The molecule has 0 radical (unpaired) electrons. The molecule has 6 aromatic carbocycles. The molecule has 0 amide bonds. The lowest BCUT2D eigenvalue weighted by Crippen LogP contribution is -2.61. The van der Waals surface area contributed by atoms with Crippen molar-refractivity contribution in [1.82, 2.24) is 5.32 Å². The highest BCUT2D eigenvalue weighted by Crippen LogP contribution is 2.56. The van der Waals surface area contributed by atoms with Gasteiger partial charge >= 0.3 is 23.9 Å². The first-order chi connectivity index (χ1) is 44.6. The molecule has 6 unspecified atom stereocenters. The van der Waals surface area contributed by atoms with Crippen molar-refractivity contribution in [2.45, 2.75) is 181 Å². The van der Waals surface area contributed by atoms with Gasteiger partial charge in [0.1, 0.15) is 44.9 Å². The molecule has 16 nitrogen and oxygen atoms in total. The van der Waals surface area contributed by atoms with E-state index in [0.717, 1.165) is 83.2 Å². The Hall–Kier alpha value is -7.06. The molecule has 19 heteroatoms. The van der Waals surface area contributed by atoms with Gasteiger partial charge in [-0.15, -0.1) is 0 Å². The number of piperidine rings is 1. The molecular formula is C76H99N5O11S3. The summed E-state index contributed by atoms with van der Waals surface area (Å²) >= 11 is 6.49. The number of hydrogen-bond acceptors (Lipinski definition) is 19. The van der Waals surface area contributed by atoms with Crippen LogP contribution >= 0.6 is 36.2 Å². The molecule has 1 saturated heterocycles. The lowest BCUT2D eigenvalue weighted by Gasteiger charge is -2.45. The fraction of sp³-hybridized carbons (Fsp3) is 0.487. The molecule has 0 saturated carbocycles. The second-order valence-electron chi connectivity index (χ2n) is 25.6. The Kier molecular flexibility index (Phi) is 26.4. The second kappa shape index (κ2) is 33.3. The molecule has 5 heterocycles. The van der Waals surface area contributed by atoms with Gasteiger partial charge in [-0.05, 0) is 156 Å². The number of benzene rings is 6. The van der Waals surface area contributed by atoms with E-state index in [1.807, 2.05) is 107 Å². The first-order valence-electron chi connectivity index (χ1n) is 32.9. The summed E-state index contributed by atoms with van der Waals surface area (Å²) in [5, 5.41) is 5.31. The lowest BCUT2D eigenvalue weighted by atomic mass is 9.77. The van der Waals surface area contributed by atoms with Crippen LogP contribution in [0.25, 0.3) is 21.5 Å². The van der Waals surface area contributed by atoms with E-state index in [0.29, 0.717) is 46.7 Å². The Morgan fingerprint density at radius 3 is 1.46 bits per heavy atom. The minimum Gasteiger partial charge on any atom is -0.465 e. The number of thiol groups is 1. The third-order valence-electron chi connectivity index (χ3n) is 18.4. The number of nitrogens with one attached hydrogen (secondary N) is 1. The van der Waals surface area contributed by atoms with Crippen LogP contribution in [0.5, 0.6) is 23.0 Å². The Morgan fingerprint density at radius 1 is 0.589 bits per heavy atom. The largest absolute Gasteiger partial charge is 0.465 e. The zero-order valence-corrected chi connectivity index (χ0v) is 58.2. The van der Waals surface area contributed by atoms with Gasteiger partial charge in [-0.1, -0.05) is 159 Å². The Balaban J connectivity index is 0.000000244. The van der Waals surface area contributed by atoms with E-state index in [9.17, 15) is 24.0 Å². The van der Waals surface area contributed by atoms with Crippen LogP contribution in [0.1, 0.15) is 159 Å². The summed E-state index contributed by atoms with van der Waals surface area (Å²) in [4.78, 5) is 78.1. The van der Waals surface area contributed by atoms with Gasteiger partial charge in [0.2, 0.25) is 15.9 Å². The van der Waals surface area contributed by atoms with E-state index in [4.69, 9.17) is 38.4 Å². The molecular weight excluding hydrogens is 1260 g/mol. The smallest absolute Gasteiger partial charge is 0.319 e. The molecule has 1 N–H and O–H groups in total. The third-order valence-corrected chi connectivity index (χ3v) is 21.0. The highest BCUT2D eigenvalue weighted by atomic mass is 32.2. The maximum atomic E-state index is 13.3. The number of fused-ring (bicyclic) bond motifs is 8. The number of thioether (sulfide) groups is 2. The molecule has 512 valence electrons. The number of carbonyl (C=O) groups is 5. The number of carbonyl (C=O) groups excluding carboxylic acids is 5. The van der Waals surface area contributed by atoms with Crippen LogP contribution in [0.15, 0.2) is 119 Å². The molecule has 0 bridgehead atoms. The van der Waals surface area contributed by atoms with Gasteiger partial charge in [0.15, 0.2) is 0 Å². The molecule has 0 aromatic heterocycles. The number of aliphatic imine (C=N–C) groups is 2. The van der Waals surface area contributed by atoms with Crippen LogP contribution in [-0.4, -0.2) is 109 Å². The van der Waals surface area contributed by atoms with Crippen molar-refractivity contribution in [3.05, 3.63) is 120 Å². The summed E-state index contributed by atoms with van der Waals surface area (Å²) in [6.07, 6.45) is 13.6. The number of anilines is 2. The summed E-state index contributed by atoms with van der Waals surface area (Å²) < 4.78 is 35.7. The molecule has 6 atom stereocenters. The molecule has 6 aromatic rings. The molecule has 5 aliphatic heterocycles. The third kappa shape index (κ3) is 16.3. The van der Waals surface area contributed by atoms with Gasteiger partial charge in [0.25, 0.3) is 0 Å². The van der Waals surface area contributed by atoms with E-state index in [2.05, 4.69) is 86.6 Å². The van der Waals surface area contributed by atoms with Gasteiger partial charge in [-0.3, -0.25) is 34.0 Å². The van der Waals surface area contributed by atoms with E-state index in [-0.39, 0.29) is 49.6 Å². The standard InChI is InChI=1S/C37H44N2O6S2.C32H36N2O5S.C5H11N.2CH4/c1-7-9-19-43-34(41)31(47-35(42)46-20-10-8-2)21-24(3)33(40)44-26-17-15-25-16-18-30-32(27(25)22-26)38-23-37(45-30)36(4,5)28-13-11-12-14-29(28)39(37)6;1-6-7-16-37-30(36)27(40)17-20(2)29(35)38-22-14-12-21-13-15-26-28(23(21)18-22)33-19-32(39-26)31(3,4)24-10-8-9-11-25(24)34(32)5;1-2-4-6-5-3-1;;/h11-18,22-24,31H,7-10,19-21H2,1-6H3;8-15,18-20,27,40H,6-7,16-17H2,1-5H3;6H,1-5H2;2*1H4. The quantitative estimate of drug-likeness (QED) is 0.0318. The first kappa shape index (κ1) is 75.3. The van der Waals surface area contributed by atoms with Crippen molar-refractivity contribution in [3.8, 4) is 23.0 Å². The van der Waals surface area contributed by atoms with E-state index >= 15 is 0 Å². The van der Waals surface area contributed by atoms with Crippen molar-refractivity contribution < 1.29 is 52.4 Å². The van der Waals surface area contributed by atoms with Crippen molar-refractivity contribution in [3.63, 3.8) is 0 Å². The number of ether oxygens (including phenoxy) is 6. The predicted molar refractivity (Wildman–Crippen MR) is 394 cm³/mol. The van der Waals surface area contributed by atoms with Gasteiger partial charge in [-0.2, -0.15) is 12.6 Å². The van der Waals surface area contributed by atoms with Crippen molar-refractivity contribution in [2.24, 2.45) is 21.8 Å². The Bertz CT molecular complexity index is 3730. The fourth-order valence-electron chi connectivity index (χ4n) is 12.5. The van der Waals surface area contributed by atoms with Gasteiger partial charge < -0.3 is 43.5 Å². The topological polar surface area (TPSA) is 184 Å². The zero-order valence-electron chi connectivity index (χ0n) is 55.7. The normalized spacial score (nSPS) is 19.2. The van der Waals surface area contributed by atoms with Crippen LogP contribution in [0, 0.1) is 11.8 Å². The molecule has 2 spiro atoms. The lowest BCUT2D eigenvalue weighted by molar-refractivity contribution is -0.145. The number of nitrogens with zero attached hydrogens (tertiary/aromatic N) is 4. The van der Waals surface area contributed by atoms with Crippen LogP contribution in [-0.2, 0) is 39.5 Å². The van der Waals surface area contributed by atoms with Crippen molar-refractivity contribution in [2.75, 3.05) is 56.0 Å². The Labute approximate surface area is 577 Å². The zero-order chi connectivity index (χ0) is 66.7. The highest BCUT2D eigenvalue weighted by molar-refractivity contribution is 8.39. The van der Waals surface area contributed by atoms with Crippen LogP contribution in [0.4, 0.5) is 27.5 Å². The number of esters is 4.